The Morgan fingerprint density at radius 3 is 2.74 bits per heavy atom. The third-order valence-corrected chi connectivity index (χ3v) is 5.45. The Hall–Kier alpha value is -1.07. The monoisotopic (exact) mass is 380 g/mol. The summed E-state index contributed by atoms with van der Waals surface area (Å²) in [7, 11) is 0. The van der Waals surface area contributed by atoms with Crippen LogP contribution in [0.25, 0.3) is 0 Å². The normalized spacial score (nSPS) is 27.5. The molecule has 126 valence electrons. The Balaban J connectivity index is 1.39. The van der Waals surface area contributed by atoms with Gasteiger partial charge in [0.05, 0.1) is 11.0 Å². The van der Waals surface area contributed by atoms with E-state index in [0.29, 0.717) is 31.0 Å². The first kappa shape index (κ1) is 16.8. The van der Waals surface area contributed by atoms with E-state index in [0.717, 1.165) is 23.1 Å². The third-order valence-electron chi connectivity index (χ3n) is 4.80. The fourth-order valence-corrected chi connectivity index (χ4v) is 4.11. The van der Waals surface area contributed by atoms with Crippen LogP contribution in [0.1, 0.15) is 39.0 Å². The van der Waals surface area contributed by atoms with Gasteiger partial charge in [-0.05, 0) is 66.6 Å². The van der Waals surface area contributed by atoms with Crippen molar-refractivity contribution in [3.05, 3.63) is 28.7 Å². The van der Waals surface area contributed by atoms with Gasteiger partial charge in [0, 0.05) is 18.5 Å². The van der Waals surface area contributed by atoms with E-state index in [9.17, 15) is 4.79 Å². The Bertz CT molecular complexity index is 540. The van der Waals surface area contributed by atoms with Crippen molar-refractivity contribution < 1.29 is 9.53 Å². The number of benzene rings is 1. The van der Waals surface area contributed by atoms with Crippen LogP contribution in [0, 0.1) is 5.92 Å². The Morgan fingerprint density at radius 1 is 1.35 bits per heavy atom. The molecule has 5 heteroatoms. The van der Waals surface area contributed by atoms with Gasteiger partial charge in [0.2, 0.25) is 5.91 Å². The van der Waals surface area contributed by atoms with Gasteiger partial charge in [-0.15, -0.1) is 0 Å². The maximum absolute atomic E-state index is 12.2. The number of halogens is 1. The molecule has 2 saturated heterocycles. The minimum atomic E-state index is -0.0538. The molecule has 2 heterocycles. The lowest BCUT2D eigenvalue weighted by molar-refractivity contribution is -0.122. The van der Waals surface area contributed by atoms with Crippen LogP contribution in [0.5, 0.6) is 5.75 Å². The molecule has 2 aliphatic rings. The van der Waals surface area contributed by atoms with Gasteiger partial charge in [-0.1, -0.05) is 12.1 Å². The summed E-state index contributed by atoms with van der Waals surface area (Å²) in [6, 6.07) is 9.06. The van der Waals surface area contributed by atoms with Crippen LogP contribution in [0.4, 0.5) is 0 Å². The largest absolute Gasteiger partial charge is 0.488 e. The summed E-state index contributed by atoms with van der Waals surface area (Å²) >= 11 is 3.47. The fraction of sp³-hybridized carbons (Fsp3) is 0.611. The molecule has 1 aromatic rings. The molecule has 0 aliphatic carbocycles. The second-order valence-corrected chi connectivity index (χ2v) is 7.70. The third kappa shape index (κ3) is 4.70. The number of carbonyl (C=O) groups excluding carboxylic acids is 1. The predicted octanol–water partition coefficient (Wildman–Crippen LogP) is 3.25. The van der Waals surface area contributed by atoms with Gasteiger partial charge in [-0.25, -0.2) is 0 Å². The van der Waals surface area contributed by atoms with E-state index in [1.807, 2.05) is 31.2 Å². The maximum Gasteiger partial charge on any atom is 0.220 e. The molecule has 3 rings (SSSR count). The topological polar surface area (TPSA) is 50.4 Å². The Morgan fingerprint density at radius 2 is 2.04 bits per heavy atom. The van der Waals surface area contributed by atoms with Crippen LogP contribution in [0.3, 0.4) is 0 Å². The summed E-state index contributed by atoms with van der Waals surface area (Å²) in [5.74, 6) is 1.50. The number of hydrogen-bond donors (Lipinski definition) is 2. The highest BCUT2D eigenvalue weighted by Crippen LogP contribution is 2.32. The molecular formula is C18H25BrN2O2. The fourth-order valence-electron chi connectivity index (χ4n) is 3.73. The molecule has 3 unspecified atom stereocenters. The quantitative estimate of drug-likeness (QED) is 0.796. The molecule has 0 aromatic heterocycles. The number of piperidine rings is 1. The minimum absolute atomic E-state index is 0.0538. The van der Waals surface area contributed by atoms with E-state index in [-0.39, 0.29) is 12.0 Å². The number of carbonyl (C=O) groups is 1. The van der Waals surface area contributed by atoms with Gasteiger partial charge >= 0.3 is 0 Å². The van der Waals surface area contributed by atoms with Gasteiger partial charge < -0.3 is 15.4 Å². The summed E-state index contributed by atoms with van der Waals surface area (Å²) in [5.41, 5.74) is 0. The maximum atomic E-state index is 12.2. The van der Waals surface area contributed by atoms with E-state index in [2.05, 4.69) is 26.6 Å². The van der Waals surface area contributed by atoms with Crippen molar-refractivity contribution in [2.24, 2.45) is 5.92 Å². The molecule has 0 spiro atoms. The number of rotatable bonds is 6. The summed E-state index contributed by atoms with van der Waals surface area (Å²) in [6.45, 7) is 2.52. The molecule has 1 amide bonds. The van der Waals surface area contributed by atoms with Crippen molar-refractivity contribution in [3.8, 4) is 5.75 Å². The molecular weight excluding hydrogens is 356 g/mol. The zero-order valence-electron chi connectivity index (χ0n) is 13.6. The van der Waals surface area contributed by atoms with Gasteiger partial charge in [0.1, 0.15) is 11.9 Å². The highest BCUT2D eigenvalue weighted by atomic mass is 79.9. The van der Waals surface area contributed by atoms with Crippen molar-refractivity contribution in [3.63, 3.8) is 0 Å². The first-order chi connectivity index (χ1) is 11.1. The van der Waals surface area contributed by atoms with Gasteiger partial charge in [-0.2, -0.15) is 0 Å². The van der Waals surface area contributed by atoms with E-state index in [1.54, 1.807) is 0 Å². The van der Waals surface area contributed by atoms with E-state index < -0.39 is 0 Å². The van der Waals surface area contributed by atoms with Gasteiger partial charge in [-0.3, -0.25) is 4.79 Å². The highest BCUT2D eigenvalue weighted by molar-refractivity contribution is 9.10. The molecule has 0 saturated carbocycles. The minimum Gasteiger partial charge on any atom is -0.488 e. The number of nitrogens with one attached hydrogen (secondary N) is 2. The zero-order valence-corrected chi connectivity index (χ0v) is 15.1. The number of amides is 1. The highest BCUT2D eigenvalue weighted by Gasteiger charge is 2.34. The smallest absolute Gasteiger partial charge is 0.220 e. The van der Waals surface area contributed by atoms with Crippen molar-refractivity contribution in [2.45, 2.75) is 57.2 Å². The lowest BCUT2D eigenvalue weighted by atomic mass is 9.89. The Labute approximate surface area is 146 Å². The summed E-state index contributed by atoms with van der Waals surface area (Å²) < 4.78 is 6.79. The zero-order chi connectivity index (χ0) is 16.2. The van der Waals surface area contributed by atoms with Crippen LogP contribution in [-0.2, 0) is 4.79 Å². The van der Waals surface area contributed by atoms with Crippen molar-refractivity contribution in [1.29, 1.82) is 0 Å². The number of fused-ring (bicyclic) bond motifs is 2. The van der Waals surface area contributed by atoms with Crippen LogP contribution < -0.4 is 15.4 Å². The van der Waals surface area contributed by atoms with E-state index >= 15 is 0 Å². The SMILES string of the molecule is CC(CNC(=O)CC1CC2CCC(C1)N2)Oc1ccccc1Br. The molecule has 2 N–H and O–H groups in total. The summed E-state index contributed by atoms with van der Waals surface area (Å²) in [6.07, 6.45) is 5.44. The first-order valence-electron chi connectivity index (χ1n) is 8.54. The summed E-state index contributed by atoms with van der Waals surface area (Å²) in [5, 5.41) is 6.64. The van der Waals surface area contributed by atoms with Crippen molar-refractivity contribution in [1.82, 2.24) is 10.6 Å². The van der Waals surface area contributed by atoms with Crippen molar-refractivity contribution >= 4 is 21.8 Å². The standard InChI is InChI=1S/C18H25BrN2O2/c1-12(23-17-5-3-2-4-16(17)19)11-20-18(22)10-13-8-14-6-7-15(9-13)21-14/h2-5,12-15,21H,6-11H2,1H3,(H,20,22). The number of ether oxygens (including phenoxy) is 1. The number of para-hydroxylation sites is 1. The van der Waals surface area contributed by atoms with Gasteiger partial charge in [0.15, 0.2) is 0 Å². The number of hydrogen-bond acceptors (Lipinski definition) is 3. The second-order valence-electron chi connectivity index (χ2n) is 6.84. The van der Waals surface area contributed by atoms with Crippen LogP contribution in [-0.4, -0.2) is 30.6 Å². The lowest BCUT2D eigenvalue weighted by Crippen LogP contribution is -2.40. The molecule has 2 aliphatic heterocycles. The molecule has 4 nitrogen and oxygen atoms in total. The van der Waals surface area contributed by atoms with Crippen LogP contribution in [0.2, 0.25) is 0 Å². The van der Waals surface area contributed by atoms with Crippen molar-refractivity contribution in [2.75, 3.05) is 6.54 Å². The predicted molar refractivity (Wildman–Crippen MR) is 94.5 cm³/mol. The second kappa shape index (κ2) is 7.67. The molecule has 1 aromatic carbocycles. The molecule has 2 bridgehead atoms. The van der Waals surface area contributed by atoms with Crippen LogP contribution >= 0.6 is 15.9 Å². The summed E-state index contributed by atoms with van der Waals surface area (Å²) in [4.78, 5) is 12.2. The first-order valence-corrected chi connectivity index (χ1v) is 9.33. The average Bonchev–Trinajstić information content (AvgIpc) is 2.86. The molecule has 0 radical (unpaired) electrons. The Kier molecular flexibility index (Phi) is 5.59. The van der Waals surface area contributed by atoms with E-state index in [4.69, 9.17) is 4.74 Å². The van der Waals surface area contributed by atoms with Gasteiger partial charge in [0.25, 0.3) is 0 Å². The molecule has 3 atom stereocenters. The molecule has 2 fully saturated rings. The van der Waals surface area contributed by atoms with E-state index in [1.165, 1.54) is 12.8 Å². The lowest BCUT2D eigenvalue weighted by Gasteiger charge is -2.28. The molecule has 23 heavy (non-hydrogen) atoms. The van der Waals surface area contributed by atoms with Crippen LogP contribution in [0.15, 0.2) is 28.7 Å². The average molecular weight is 381 g/mol.